The number of aldehydes is 1. The van der Waals surface area contributed by atoms with Gasteiger partial charge >= 0.3 is 15.6 Å². The maximum Gasteiger partial charge on any atom is 0.470 e. The molecule has 18 heavy (non-hydrogen) atoms. The summed E-state index contributed by atoms with van der Waals surface area (Å²) in [5.41, 5.74) is 0. The predicted octanol–water partition coefficient (Wildman–Crippen LogP) is -2.51. The lowest BCUT2D eigenvalue weighted by molar-refractivity contribution is -0.126. The van der Waals surface area contributed by atoms with Gasteiger partial charge in [-0.1, -0.05) is 0 Å². The van der Waals surface area contributed by atoms with Crippen molar-refractivity contribution >= 4 is 21.9 Å². The second-order valence-electron chi connectivity index (χ2n) is 3.00. The van der Waals surface area contributed by atoms with Crippen molar-refractivity contribution in [1.82, 2.24) is 0 Å². The van der Waals surface area contributed by atoms with Crippen LogP contribution >= 0.6 is 15.6 Å². The Morgan fingerprint density at radius 2 is 1.50 bits per heavy atom. The van der Waals surface area contributed by atoms with Crippen LogP contribution in [0.15, 0.2) is 0 Å². The van der Waals surface area contributed by atoms with Crippen LogP contribution in [0.5, 0.6) is 0 Å². The number of hydrogen-bond acceptors (Lipinski definition) is 7. The fraction of sp³-hybridized carbons (Fsp3) is 0.800. The molecule has 13 heteroatoms. The SMILES string of the molecule is O=C[C@H](OP(=O)(O)O)[C@@H](O)[C@@H](CO)OP(=O)(O)O. The molecule has 11 nitrogen and oxygen atoms in total. The van der Waals surface area contributed by atoms with Gasteiger partial charge in [0.15, 0.2) is 12.4 Å². The third kappa shape index (κ3) is 7.29. The van der Waals surface area contributed by atoms with Gasteiger partial charge in [0.05, 0.1) is 6.61 Å². The van der Waals surface area contributed by atoms with Crippen molar-refractivity contribution in [2.24, 2.45) is 0 Å². The van der Waals surface area contributed by atoms with E-state index in [-0.39, 0.29) is 6.29 Å². The average molecular weight is 310 g/mol. The van der Waals surface area contributed by atoms with Crippen LogP contribution in [0.3, 0.4) is 0 Å². The van der Waals surface area contributed by atoms with Gasteiger partial charge in [0.1, 0.15) is 12.2 Å². The van der Waals surface area contributed by atoms with Crippen molar-refractivity contribution in [3.8, 4) is 0 Å². The lowest BCUT2D eigenvalue weighted by atomic mass is 10.1. The molecule has 108 valence electrons. The second-order valence-corrected chi connectivity index (χ2v) is 5.39. The Hall–Kier alpha value is -0.190. The first kappa shape index (κ1) is 17.8. The summed E-state index contributed by atoms with van der Waals surface area (Å²) in [6.45, 7) is -1.12. The van der Waals surface area contributed by atoms with Gasteiger partial charge < -0.3 is 34.6 Å². The van der Waals surface area contributed by atoms with E-state index < -0.39 is 40.6 Å². The number of aliphatic hydroxyl groups excluding tert-OH is 2. The molecule has 0 aromatic heterocycles. The summed E-state index contributed by atoms with van der Waals surface area (Å²) < 4.78 is 28.7. The van der Waals surface area contributed by atoms with E-state index in [4.69, 9.17) is 24.7 Å². The highest BCUT2D eigenvalue weighted by Gasteiger charge is 2.36. The number of phosphoric ester groups is 2. The molecule has 0 radical (unpaired) electrons. The lowest BCUT2D eigenvalue weighted by Crippen LogP contribution is -2.42. The van der Waals surface area contributed by atoms with Crippen molar-refractivity contribution < 1.29 is 52.8 Å². The zero-order valence-electron chi connectivity index (χ0n) is 8.64. The molecule has 0 saturated carbocycles. The molecule has 0 fully saturated rings. The molecule has 0 spiro atoms. The fourth-order valence-corrected chi connectivity index (χ4v) is 1.95. The Morgan fingerprint density at radius 1 is 1.06 bits per heavy atom. The monoisotopic (exact) mass is 310 g/mol. The van der Waals surface area contributed by atoms with Gasteiger partial charge in [-0.15, -0.1) is 0 Å². The summed E-state index contributed by atoms with van der Waals surface area (Å²) in [7, 11) is -10.2. The minimum absolute atomic E-state index is 0.213. The first-order chi connectivity index (χ1) is 8.00. The van der Waals surface area contributed by atoms with Gasteiger partial charge in [-0.05, 0) is 0 Å². The second kappa shape index (κ2) is 6.83. The van der Waals surface area contributed by atoms with E-state index in [9.17, 15) is 19.0 Å². The van der Waals surface area contributed by atoms with Crippen LogP contribution < -0.4 is 0 Å². The molecule has 0 rings (SSSR count). The highest BCUT2D eigenvalue weighted by Crippen LogP contribution is 2.41. The van der Waals surface area contributed by atoms with Crippen molar-refractivity contribution in [3.63, 3.8) is 0 Å². The largest absolute Gasteiger partial charge is 0.470 e. The number of carbonyl (C=O) groups is 1. The van der Waals surface area contributed by atoms with Gasteiger partial charge in [0.2, 0.25) is 0 Å². The Morgan fingerprint density at radius 3 is 1.78 bits per heavy atom. The molecule has 0 aliphatic carbocycles. The molecule has 0 amide bonds. The number of hydrogen-bond donors (Lipinski definition) is 6. The van der Waals surface area contributed by atoms with Crippen LogP contribution in [0, 0.1) is 0 Å². The summed E-state index contributed by atoms with van der Waals surface area (Å²) in [6, 6.07) is 0. The maximum absolute atomic E-state index is 10.5. The summed E-state index contributed by atoms with van der Waals surface area (Å²) in [5.74, 6) is 0. The maximum atomic E-state index is 10.5. The lowest BCUT2D eigenvalue weighted by Gasteiger charge is -2.25. The Kier molecular flexibility index (Phi) is 6.75. The summed E-state index contributed by atoms with van der Waals surface area (Å²) >= 11 is 0. The molecule has 0 bridgehead atoms. The third-order valence-corrected chi connectivity index (χ3v) is 2.63. The van der Waals surface area contributed by atoms with Crippen LogP contribution in [-0.4, -0.2) is 61.0 Å². The topological polar surface area (TPSA) is 191 Å². The van der Waals surface area contributed by atoms with Crippen LogP contribution in [0.25, 0.3) is 0 Å². The normalized spacial score (nSPS) is 18.1. The minimum atomic E-state index is -5.12. The Labute approximate surface area is 100 Å². The van der Waals surface area contributed by atoms with E-state index in [1.807, 2.05) is 0 Å². The van der Waals surface area contributed by atoms with Gasteiger partial charge in [0, 0.05) is 0 Å². The zero-order valence-corrected chi connectivity index (χ0v) is 10.4. The quantitative estimate of drug-likeness (QED) is 0.205. The highest BCUT2D eigenvalue weighted by molar-refractivity contribution is 7.46. The first-order valence-corrected chi connectivity index (χ1v) is 7.28. The summed E-state index contributed by atoms with van der Waals surface area (Å²) in [4.78, 5) is 44.2. The van der Waals surface area contributed by atoms with Gasteiger partial charge in [-0.3, -0.25) is 9.05 Å². The number of rotatable bonds is 8. The average Bonchev–Trinajstić information content (AvgIpc) is 2.19. The molecule has 0 heterocycles. The molecule has 0 aliphatic rings. The number of aliphatic hydroxyl groups is 2. The van der Waals surface area contributed by atoms with Crippen molar-refractivity contribution in [2.45, 2.75) is 18.3 Å². The highest BCUT2D eigenvalue weighted by atomic mass is 31.2. The number of phosphoric acid groups is 2. The first-order valence-electron chi connectivity index (χ1n) is 4.22. The van der Waals surface area contributed by atoms with E-state index in [1.165, 1.54) is 0 Å². The summed E-state index contributed by atoms with van der Waals surface area (Å²) in [5, 5.41) is 18.1. The number of carbonyl (C=O) groups excluding carboxylic acids is 1. The van der Waals surface area contributed by atoms with Crippen LogP contribution in [0.2, 0.25) is 0 Å². The summed E-state index contributed by atoms with van der Waals surface area (Å²) in [6.07, 6.45) is -6.50. The van der Waals surface area contributed by atoms with Gasteiger partial charge in [-0.2, -0.15) is 0 Å². The van der Waals surface area contributed by atoms with Gasteiger partial charge in [-0.25, -0.2) is 9.13 Å². The van der Waals surface area contributed by atoms with E-state index >= 15 is 0 Å². The minimum Gasteiger partial charge on any atom is -0.394 e. The fourth-order valence-electron chi connectivity index (χ4n) is 0.918. The van der Waals surface area contributed by atoms with Crippen LogP contribution in [0.4, 0.5) is 0 Å². The van der Waals surface area contributed by atoms with E-state index in [2.05, 4.69) is 9.05 Å². The van der Waals surface area contributed by atoms with Crippen molar-refractivity contribution in [1.29, 1.82) is 0 Å². The molecular formula is C5H12O11P2. The van der Waals surface area contributed by atoms with Crippen molar-refractivity contribution in [2.75, 3.05) is 6.61 Å². The van der Waals surface area contributed by atoms with Crippen LogP contribution in [0.1, 0.15) is 0 Å². The zero-order chi connectivity index (χ0) is 14.6. The standard InChI is InChI=1S/C5H12O11P2/c6-1-3(15-17(9,10)11)5(8)4(2-7)16-18(12,13)14/h1,3-5,7-8H,2H2,(H2,9,10,11)(H2,12,13,14)/t3-,4+,5+/m0/s1. The Bertz CT molecular complexity index is 356. The van der Waals surface area contributed by atoms with E-state index in [0.29, 0.717) is 0 Å². The van der Waals surface area contributed by atoms with Crippen LogP contribution in [-0.2, 0) is 23.0 Å². The smallest absolute Gasteiger partial charge is 0.394 e. The molecule has 0 aromatic rings. The van der Waals surface area contributed by atoms with Crippen molar-refractivity contribution in [3.05, 3.63) is 0 Å². The van der Waals surface area contributed by atoms with Gasteiger partial charge in [0.25, 0.3) is 0 Å². The predicted molar refractivity (Wildman–Crippen MR) is 53.0 cm³/mol. The molecule has 0 aliphatic heterocycles. The third-order valence-electron chi connectivity index (χ3n) is 1.56. The van der Waals surface area contributed by atoms with E-state index in [0.717, 1.165) is 0 Å². The molecule has 0 unspecified atom stereocenters. The molecule has 6 N–H and O–H groups in total. The molecular weight excluding hydrogens is 298 g/mol. The molecule has 3 atom stereocenters. The van der Waals surface area contributed by atoms with E-state index in [1.54, 1.807) is 0 Å². The Balaban J connectivity index is 4.83. The molecule has 0 saturated heterocycles. The molecule has 0 aromatic carbocycles.